The maximum Gasteiger partial charge on any atom is 1.00 e. The zero-order valence-electron chi connectivity index (χ0n) is 12.4. The van der Waals surface area contributed by atoms with Crippen molar-refractivity contribution in [1.82, 2.24) is 5.32 Å². The smallest absolute Gasteiger partial charge is 0.550 e. The summed E-state index contributed by atoms with van der Waals surface area (Å²) in [6.07, 6.45) is 6.07. The van der Waals surface area contributed by atoms with Crippen molar-refractivity contribution >= 4 is 11.9 Å². The Morgan fingerprint density at radius 1 is 1.00 bits per heavy atom. The van der Waals surface area contributed by atoms with Crippen LogP contribution in [0.3, 0.4) is 0 Å². The first kappa shape index (κ1) is 26.1. The first-order chi connectivity index (χ1) is 8.07. The molecule has 7 heteroatoms. The van der Waals surface area contributed by atoms with Crippen LogP contribution in [0.25, 0.3) is 0 Å². The molecule has 0 rings (SSSR count). The van der Waals surface area contributed by atoms with Crippen molar-refractivity contribution in [2.75, 3.05) is 6.54 Å². The van der Waals surface area contributed by atoms with Gasteiger partial charge in [-0.1, -0.05) is 39.0 Å². The van der Waals surface area contributed by atoms with Crippen molar-refractivity contribution in [1.29, 1.82) is 0 Å². The molecule has 0 spiro atoms. The summed E-state index contributed by atoms with van der Waals surface area (Å²) < 4.78 is 0. The molecule has 1 N–H and O–H groups in total. The standard InChI is InChI=1S/C12H23NO4.2K/c1-2-3-4-5-6-7-8-13-10(12(16)17)9-11(14)15;;/h10,13H,2-9H2,1H3,(H,14,15)(H,16,17);;/q;2*+1/p-2/t10-;;/m0../s1. The van der Waals surface area contributed by atoms with Gasteiger partial charge >= 0.3 is 103 Å². The number of carbonyl (C=O) groups is 2. The van der Waals surface area contributed by atoms with E-state index in [-0.39, 0.29) is 103 Å². The summed E-state index contributed by atoms with van der Waals surface area (Å²) in [5.74, 6) is -2.77. The van der Waals surface area contributed by atoms with E-state index in [0.717, 1.165) is 19.3 Å². The Bertz CT molecular complexity index is 240. The average Bonchev–Trinajstić information content (AvgIpc) is 2.25. The van der Waals surface area contributed by atoms with Gasteiger partial charge < -0.3 is 25.1 Å². The van der Waals surface area contributed by atoms with E-state index < -0.39 is 24.4 Å². The molecule has 0 saturated heterocycles. The van der Waals surface area contributed by atoms with E-state index >= 15 is 0 Å². The molecule has 0 unspecified atom stereocenters. The minimum absolute atomic E-state index is 0. The molecule has 0 aromatic carbocycles. The van der Waals surface area contributed by atoms with Crippen LogP contribution < -0.4 is 118 Å². The number of carboxylic acid groups (broad SMARTS) is 2. The number of hydrogen-bond donors (Lipinski definition) is 1. The van der Waals surface area contributed by atoms with E-state index in [9.17, 15) is 19.8 Å². The van der Waals surface area contributed by atoms with E-state index in [0.29, 0.717) is 6.54 Å². The molecule has 0 aromatic heterocycles. The molecule has 0 fully saturated rings. The van der Waals surface area contributed by atoms with Crippen molar-refractivity contribution in [3.63, 3.8) is 0 Å². The quantitative estimate of drug-likeness (QED) is 0.302. The van der Waals surface area contributed by atoms with Crippen LogP contribution in [-0.4, -0.2) is 24.5 Å². The molecule has 0 bridgehead atoms. The van der Waals surface area contributed by atoms with Crippen molar-refractivity contribution < 1.29 is 123 Å². The maximum absolute atomic E-state index is 10.6. The summed E-state index contributed by atoms with van der Waals surface area (Å²) in [5.41, 5.74) is 0. The largest absolute Gasteiger partial charge is 1.00 e. The van der Waals surface area contributed by atoms with Gasteiger partial charge in [-0.05, 0) is 13.0 Å². The molecule has 0 aliphatic heterocycles. The van der Waals surface area contributed by atoms with Gasteiger partial charge in [0.1, 0.15) is 0 Å². The fourth-order valence-corrected chi connectivity index (χ4v) is 1.59. The first-order valence-electron chi connectivity index (χ1n) is 6.22. The molecule has 1 atom stereocenters. The molecule has 100 valence electrons. The fraction of sp³-hybridized carbons (Fsp3) is 0.833. The number of aliphatic carboxylic acids is 2. The Morgan fingerprint density at radius 3 is 2.00 bits per heavy atom. The number of carbonyl (C=O) groups excluding carboxylic acids is 2. The normalized spacial score (nSPS) is 11.0. The second-order valence-corrected chi connectivity index (χ2v) is 4.17. The van der Waals surface area contributed by atoms with Gasteiger partial charge in [0.2, 0.25) is 0 Å². The van der Waals surface area contributed by atoms with E-state index in [1.54, 1.807) is 0 Å². The van der Waals surface area contributed by atoms with Gasteiger partial charge in [0.25, 0.3) is 0 Å². The van der Waals surface area contributed by atoms with E-state index in [2.05, 4.69) is 12.2 Å². The molecule has 0 aliphatic rings. The topological polar surface area (TPSA) is 92.3 Å². The molecule has 5 nitrogen and oxygen atoms in total. The van der Waals surface area contributed by atoms with E-state index in [1.165, 1.54) is 19.3 Å². The minimum Gasteiger partial charge on any atom is -0.550 e. The zero-order valence-corrected chi connectivity index (χ0v) is 18.6. The third-order valence-electron chi connectivity index (χ3n) is 2.58. The van der Waals surface area contributed by atoms with E-state index in [1.807, 2.05) is 0 Å². The summed E-state index contributed by atoms with van der Waals surface area (Å²) in [7, 11) is 0. The summed E-state index contributed by atoms with van der Waals surface area (Å²) >= 11 is 0. The number of nitrogens with one attached hydrogen (secondary N) is 1. The Hall–Kier alpha value is 2.17. The molecule has 0 aliphatic carbocycles. The Balaban J connectivity index is -0.00000128. The van der Waals surface area contributed by atoms with Gasteiger partial charge in [0, 0.05) is 12.4 Å². The van der Waals surface area contributed by atoms with Gasteiger partial charge in [-0.2, -0.15) is 0 Å². The van der Waals surface area contributed by atoms with Crippen LogP contribution in [0.4, 0.5) is 0 Å². The van der Waals surface area contributed by atoms with E-state index in [4.69, 9.17) is 0 Å². The molecule has 0 aromatic rings. The summed E-state index contributed by atoms with van der Waals surface area (Å²) in [4.78, 5) is 20.9. The number of carboxylic acids is 2. The molecule has 0 radical (unpaired) electrons. The third kappa shape index (κ3) is 18.1. The second-order valence-electron chi connectivity index (χ2n) is 4.17. The Kier molecular flexibility index (Phi) is 25.0. The Labute approximate surface area is 200 Å². The van der Waals surface area contributed by atoms with Crippen LogP contribution in [0, 0.1) is 0 Å². The molecule has 0 heterocycles. The molecular formula is C12H21K2NO4. The molecule has 19 heavy (non-hydrogen) atoms. The predicted molar refractivity (Wildman–Crippen MR) is 59.8 cm³/mol. The van der Waals surface area contributed by atoms with Gasteiger partial charge in [-0.15, -0.1) is 0 Å². The Morgan fingerprint density at radius 2 is 1.53 bits per heavy atom. The second kappa shape index (κ2) is 18.2. The summed E-state index contributed by atoms with van der Waals surface area (Å²) in [6.45, 7) is 2.64. The average molecular weight is 321 g/mol. The molecule has 0 amide bonds. The van der Waals surface area contributed by atoms with Gasteiger partial charge in [0.05, 0.1) is 12.0 Å². The van der Waals surface area contributed by atoms with Crippen LogP contribution in [0.2, 0.25) is 0 Å². The molecule has 0 saturated carbocycles. The zero-order chi connectivity index (χ0) is 13.1. The monoisotopic (exact) mass is 321 g/mol. The van der Waals surface area contributed by atoms with Crippen molar-refractivity contribution in [2.24, 2.45) is 0 Å². The van der Waals surface area contributed by atoms with Gasteiger partial charge in [-0.25, -0.2) is 0 Å². The van der Waals surface area contributed by atoms with Crippen molar-refractivity contribution in [3.8, 4) is 0 Å². The number of hydrogen-bond acceptors (Lipinski definition) is 5. The van der Waals surface area contributed by atoms with Crippen LogP contribution in [0.5, 0.6) is 0 Å². The van der Waals surface area contributed by atoms with Crippen LogP contribution in [0.1, 0.15) is 51.9 Å². The van der Waals surface area contributed by atoms with Crippen LogP contribution >= 0.6 is 0 Å². The number of rotatable bonds is 11. The van der Waals surface area contributed by atoms with Gasteiger partial charge in [0.15, 0.2) is 0 Å². The van der Waals surface area contributed by atoms with Crippen molar-refractivity contribution in [2.45, 2.75) is 57.9 Å². The van der Waals surface area contributed by atoms with Crippen LogP contribution in [0.15, 0.2) is 0 Å². The SMILES string of the molecule is CCCCCCCCN[C@@H](CC(=O)[O-])C(=O)[O-].[K+].[K+]. The maximum atomic E-state index is 10.6. The summed E-state index contributed by atoms with van der Waals surface area (Å²) in [6, 6.07) is -1.14. The summed E-state index contributed by atoms with van der Waals surface area (Å²) in [5, 5.41) is 23.5. The van der Waals surface area contributed by atoms with Crippen LogP contribution in [-0.2, 0) is 9.59 Å². The molecular weight excluding hydrogens is 300 g/mol. The predicted octanol–water partition coefficient (Wildman–Crippen LogP) is -6.80. The number of unbranched alkanes of at least 4 members (excludes halogenated alkanes) is 5. The van der Waals surface area contributed by atoms with Crippen molar-refractivity contribution in [3.05, 3.63) is 0 Å². The minimum atomic E-state index is -1.39. The first-order valence-corrected chi connectivity index (χ1v) is 6.22. The third-order valence-corrected chi connectivity index (χ3v) is 2.58. The fourth-order valence-electron chi connectivity index (χ4n) is 1.59. The van der Waals surface area contributed by atoms with Gasteiger partial charge in [-0.3, -0.25) is 0 Å².